The summed E-state index contributed by atoms with van der Waals surface area (Å²) in [5.74, 6) is 0.263. The van der Waals surface area contributed by atoms with Crippen molar-refractivity contribution in [1.29, 1.82) is 0 Å². The summed E-state index contributed by atoms with van der Waals surface area (Å²) in [5.41, 5.74) is 1.19. The van der Waals surface area contributed by atoms with E-state index < -0.39 is 5.60 Å². The molecule has 1 amide bonds. The molecule has 196 valence electrons. The van der Waals surface area contributed by atoms with Crippen molar-refractivity contribution in [2.24, 2.45) is 0 Å². The molecule has 2 aliphatic rings. The number of hydrogen-bond acceptors (Lipinski definition) is 8. The van der Waals surface area contributed by atoms with Crippen LogP contribution in [-0.2, 0) is 4.74 Å². The first-order valence-corrected chi connectivity index (χ1v) is 13.7. The highest BCUT2D eigenvalue weighted by atomic mass is 32.1. The monoisotopic (exact) mass is 524 g/mol. The van der Waals surface area contributed by atoms with Crippen LogP contribution in [-0.4, -0.2) is 63.8 Å². The Hall–Kier alpha value is -3.27. The SMILES string of the molecule is CC(C)(C)OC(=O)N1CCN(c2nc(-c3ccccc3F)c(-c3ccnc(NC4CCCC4)n3)s2)CC1. The average molecular weight is 525 g/mol. The van der Waals surface area contributed by atoms with Gasteiger partial charge in [0.1, 0.15) is 11.4 Å². The quantitative estimate of drug-likeness (QED) is 0.450. The lowest BCUT2D eigenvalue weighted by Crippen LogP contribution is -2.50. The average Bonchev–Trinajstić information content (AvgIpc) is 3.54. The number of anilines is 2. The Balaban J connectivity index is 1.41. The lowest BCUT2D eigenvalue weighted by Gasteiger charge is -2.35. The number of carbonyl (C=O) groups is 1. The Morgan fingerprint density at radius 3 is 2.51 bits per heavy atom. The Morgan fingerprint density at radius 2 is 1.81 bits per heavy atom. The summed E-state index contributed by atoms with van der Waals surface area (Å²) in [5, 5.41) is 4.23. The van der Waals surface area contributed by atoms with Gasteiger partial charge < -0.3 is 19.9 Å². The number of thiazole rings is 1. The number of halogens is 1. The fraction of sp³-hybridized carbons (Fsp3) is 0.481. The molecule has 37 heavy (non-hydrogen) atoms. The third-order valence-electron chi connectivity index (χ3n) is 6.52. The minimum Gasteiger partial charge on any atom is -0.444 e. The molecule has 1 aliphatic heterocycles. The summed E-state index contributed by atoms with van der Waals surface area (Å²) in [6, 6.07) is 8.92. The first kappa shape index (κ1) is 25.4. The molecule has 2 aromatic heterocycles. The molecular formula is C27H33FN6O2S. The summed E-state index contributed by atoms with van der Waals surface area (Å²) < 4.78 is 20.4. The summed E-state index contributed by atoms with van der Waals surface area (Å²) >= 11 is 1.49. The lowest BCUT2D eigenvalue weighted by molar-refractivity contribution is 0.0240. The van der Waals surface area contributed by atoms with E-state index in [2.05, 4.69) is 15.2 Å². The lowest BCUT2D eigenvalue weighted by atomic mass is 10.1. The molecule has 3 aromatic rings. The molecule has 0 unspecified atom stereocenters. The molecule has 1 aliphatic carbocycles. The molecule has 0 radical (unpaired) electrons. The number of benzene rings is 1. The van der Waals surface area contributed by atoms with E-state index in [9.17, 15) is 9.18 Å². The predicted molar refractivity (Wildman–Crippen MR) is 144 cm³/mol. The van der Waals surface area contributed by atoms with Crippen molar-refractivity contribution >= 4 is 28.5 Å². The van der Waals surface area contributed by atoms with E-state index in [-0.39, 0.29) is 11.9 Å². The minimum absolute atomic E-state index is 0.303. The van der Waals surface area contributed by atoms with Gasteiger partial charge in [-0.15, -0.1) is 0 Å². The number of nitrogens with one attached hydrogen (secondary N) is 1. The van der Waals surface area contributed by atoms with Gasteiger partial charge in [0.15, 0.2) is 5.13 Å². The van der Waals surface area contributed by atoms with Crippen molar-refractivity contribution in [2.75, 3.05) is 36.4 Å². The van der Waals surface area contributed by atoms with Crippen LogP contribution in [0.1, 0.15) is 46.5 Å². The fourth-order valence-electron chi connectivity index (χ4n) is 4.67. The van der Waals surface area contributed by atoms with Gasteiger partial charge >= 0.3 is 6.09 Å². The molecule has 8 nitrogen and oxygen atoms in total. The van der Waals surface area contributed by atoms with Crippen molar-refractivity contribution in [3.8, 4) is 21.8 Å². The van der Waals surface area contributed by atoms with E-state index in [1.807, 2.05) is 32.9 Å². The van der Waals surface area contributed by atoms with Crippen LogP contribution >= 0.6 is 11.3 Å². The molecular weight excluding hydrogens is 491 g/mol. The van der Waals surface area contributed by atoms with Crippen LogP contribution in [0.5, 0.6) is 0 Å². The largest absolute Gasteiger partial charge is 0.444 e. The van der Waals surface area contributed by atoms with Gasteiger partial charge in [-0.1, -0.05) is 36.3 Å². The van der Waals surface area contributed by atoms with Crippen molar-refractivity contribution < 1.29 is 13.9 Å². The summed E-state index contributed by atoms with van der Waals surface area (Å²) in [7, 11) is 0. The van der Waals surface area contributed by atoms with Crippen molar-refractivity contribution in [3.05, 3.63) is 42.3 Å². The second-order valence-electron chi connectivity index (χ2n) is 10.5. The number of piperazine rings is 1. The highest BCUT2D eigenvalue weighted by molar-refractivity contribution is 7.19. The molecule has 1 aromatic carbocycles. The number of aromatic nitrogens is 3. The van der Waals surface area contributed by atoms with Gasteiger partial charge in [-0.2, -0.15) is 0 Å². The highest BCUT2D eigenvalue weighted by Crippen LogP contribution is 2.41. The van der Waals surface area contributed by atoms with Crippen LogP contribution in [0.3, 0.4) is 0 Å². The van der Waals surface area contributed by atoms with Crippen LogP contribution < -0.4 is 10.2 Å². The number of amides is 1. The van der Waals surface area contributed by atoms with Gasteiger partial charge in [-0.3, -0.25) is 0 Å². The standard InChI is InChI=1S/C27H33FN6O2S/c1-27(2,3)36-26(35)34-16-14-33(15-17-34)25-32-22(19-10-6-7-11-20(19)28)23(37-25)21-12-13-29-24(31-21)30-18-8-4-5-9-18/h6-7,10-13,18H,4-5,8-9,14-17H2,1-3H3,(H,29,30,31). The van der Waals surface area contributed by atoms with E-state index in [0.29, 0.717) is 55.1 Å². The van der Waals surface area contributed by atoms with Crippen LogP contribution in [0.4, 0.5) is 20.3 Å². The van der Waals surface area contributed by atoms with Gasteiger partial charge in [0, 0.05) is 44.0 Å². The van der Waals surface area contributed by atoms with Gasteiger partial charge in [0.05, 0.1) is 16.3 Å². The maximum absolute atomic E-state index is 14.9. The molecule has 1 saturated carbocycles. The smallest absolute Gasteiger partial charge is 0.410 e. The third-order valence-corrected chi connectivity index (χ3v) is 7.66. The van der Waals surface area contributed by atoms with Crippen LogP contribution in [0.15, 0.2) is 36.5 Å². The number of ether oxygens (including phenoxy) is 1. The van der Waals surface area contributed by atoms with E-state index >= 15 is 0 Å². The highest BCUT2D eigenvalue weighted by Gasteiger charge is 2.28. The molecule has 5 rings (SSSR count). The molecule has 3 heterocycles. The number of rotatable bonds is 5. The third kappa shape index (κ3) is 6.01. The molecule has 1 N–H and O–H groups in total. The predicted octanol–water partition coefficient (Wildman–Crippen LogP) is 5.82. The number of carbonyl (C=O) groups excluding carboxylic acids is 1. The van der Waals surface area contributed by atoms with E-state index in [4.69, 9.17) is 14.7 Å². The van der Waals surface area contributed by atoms with Crippen molar-refractivity contribution in [1.82, 2.24) is 19.9 Å². The Morgan fingerprint density at radius 1 is 1.08 bits per heavy atom. The van der Waals surface area contributed by atoms with Gasteiger partial charge in [-0.25, -0.2) is 24.1 Å². The molecule has 1 saturated heterocycles. The van der Waals surface area contributed by atoms with Crippen molar-refractivity contribution in [2.45, 2.75) is 58.1 Å². The van der Waals surface area contributed by atoms with E-state index in [0.717, 1.165) is 22.9 Å². The van der Waals surface area contributed by atoms with Crippen LogP contribution in [0.2, 0.25) is 0 Å². The second kappa shape index (κ2) is 10.6. The summed E-state index contributed by atoms with van der Waals surface area (Å²) in [6.07, 6.45) is 6.11. The topological polar surface area (TPSA) is 83.5 Å². The minimum atomic E-state index is -0.532. The summed E-state index contributed by atoms with van der Waals surface area (Å²) in [4.78, 5) is 31.2. The second-order valence-corrected chi connectivity index (χ2v) is 11.5. The van der Waals surface area contributed by atoms with Gasteiger partial charge in [-0.05, 0) is 51.8 Å². The molecule has 10 heteroatoms. The Kier molecular flexibility index (Phi) is 7.28. The van der Waals surface area contributed by atoms with E-state index in [1.165, 1.54) is 30.2 Å². The molecule has 0 bridgehead atoms. The zero-order valence-electron chi connectivity index (χ0n) is 21.5. The number of hydrogen-bond donors (Lipinski definition) is 1. The summed E-state index contributed by atoms with van der Waals surface area (Å²) in [6.45, 7) is 7.88. The Bertz CT molecular complexity index is 1250. The van der Waals surface area contributed by atoms with Crippen LogP contribution in [0.25, 0.3) is 21.8 Å². The maximum Gasteiger partial charge on any atom is 0.410 e. The first-order chi connectivity index (χ1) is 17.8. The molecule has 2 fully saturated rings. The number of nitrogens with zero attached hydrogens (tertiary/aromatic N) is 5. The normalized spacial score (nSPS) is 16.8. The fourth-order valence-corrected chi connectivity index (χ4v) is 5.77. The molecule has 0 spiro atoms. The zero-order chi connectivity index (χ0) is 26.0. The Labute approximate surface area is 220 Å². The maximum atomic E-state index is 14.9. The van der Waals surface area contributed by atoms with E-state index in [1.54, 1.807) is 23.2 Å². The van der Waals surface area contributed by atoms with Crippen molar-refractivity contribution in [3.63, 3.8) is 0 Å². The first-order valence-electron chi connectivity index (χ1n) is 12.9. The zero-order valence-corrected chi connectivity index (χ0v) is 22.4. The molecule has 0 atom stereocenters. The van der Waals surface area contributed by atoms with Gasteiger partial charge in [0.2, 0.25) is 5.95 Å². The van der Waals surface area contributed by atoms with Crippen LogP contribution in [0, 0.1) is 5.82 Å². The van der Waals surface area contributed by atoms with Gasteiger partial charge in [0.25, 0.3) is 0 Å².